The highest BCUT2D eigenvalue weighted by molar-refractivity contribution is 6.05. The van der Waals surface area contributed by atoms with Crippen LogP contribution in [0.15, 0.2) is 36.8 Å². The molecule has 4 rings (SSSR count). The van der Waals surface area contributed by atoms with Gasteiger partial charge in [-0.05, 0) is 32.9 Å². The lowest BCUT2D eigenvalue weighted by Gasteiger charge is -2.43. The molecule has 2 amide bonds. The van der Waals surface area contributed by atoms with Crippen LogP contribution in [0.2, 0.25) is 0 Å². The predicted molar refractivity (Wildman–Crippen MR) is 120 cm³/mol. The molecule has 1 aliphatic heterocycles. The van der Waals surface area contributed by atoms with Crippen molar-refractivity contribution in [1.29, 1.82) is 0 Å². The Labute approximate surface area is 185 Å². The summed E-state index contributed by atoms with van der Waals surface area (Å²) in [6.45, 7) is 6.82. The van der Waals surface area contributed by atoms with Crippen molar-refractivity contribution in [2.75, 3.05) is 30.4 Å². The summed E-state index contributed by atoms with van der Waals surface area (Å²) < 4.78 is 7.16. The number of piperazine rings is 1. The van der Waals surface area contributed by atoms with E-state index in [1.165, 1.54) is 12.0 Å². The molecule has 1 aliphatic rings. The molecule has 32 heavy (non-hydrogen) atoms. The molecule has 4 heterocycles. The van der Waals surface area contributed by atoms with Gasteiger partial charge in [-0.2, -0.15) is 0 Å². The number of hydrogen-bond donors (Lipinski definition) is 2. The zero-order valence-electron chi connectivity index (χ0n) is 18.4. The summed E-state index contributed by atoms with van der Waals surface area (Å²) in [7, 11) is 1.51. The first-order chi connectivity index (χ1) is 15.3. The number of rotatable bonds is 4. The Bertz CT molecular complexity index is 1150. The fourth-order valence-electron chi connectivity index (χ4n) is 4.22. The third-order valence-electron chi connectivity index (χ3n) is 5.63. The van der Waals surface area contributed by atoms with Gasteiger partial charge in [0.05, 0.1) is 42.3 Å². The van der Waals surface area contributed by atoms with Crippen molar-refractivity contribution >= 4 is 29.2 Å². The van der Waals surface area contributed by atoms with Crippen LogP contribution in [0.25, 0.3) is 5.65 Å². The fourth-order valence-corrected chi connectivity index (χ4v) is 4.22. The standard InChI is InChI=1S/C22H26N6O4/c1-13-9-27-12-17(18(32-4)7-20(27)24-13)21(29)25-19-6-5-16(8-23-19)26-10-14(2)28(22(30)31)15(3)11-26/h5-9,12,14-15H,10-11H2,1-4H3,(H,30,31)(H,23,25,29)/t14-,15+. The number of carbonyl (C=O) groups excluding carboxylic acids is 1. The van der Waals surface area contributed by atoms with Crippen molar-refractivity contribution in [3.8, 4) is 5.75 Å². The first kappa shape index (κ1) is 21.4. The molecular formula is C22H26N6O4. The van der Waals surface area contributed by atoms with Crippen LogP contribution in [0.4, 0.5) is 16.3 Å². The Kier molecular flexibility index (Phi) is 5.60. The molecule has 1 fully saturated rings. The lowest BCUT2D eigenvalue weighted by molar-refractivity contribution is 0.0981. The van der Waals surface area contributed by atoms with Crippen LogP contribution in [0.5, 0.6) is 5.75 Å². The summed E-state index contributed by atoms with van der Waals surface area (Å²) in [5.74, 6) is 0.497. The van der Waals surface area contributed by atoms with Crippen LogP contribution in [0.3, 0.4) is 0 Å². The second kappa shape index (κ2) is 8.37. The number of nitrogens with one attached hydrogen (secondary N) is 1. The van der Waals surface area contributed by atoms with E-state index in [0.717, 1.165) is 11.4 Å². The van der Waals surface area contributed by atoms with Gasteiger partial charge in [0.1, 0.15) is 17.2 Å². The molecule has 0 aliphatic carbocycles. The molecule has 3 aromatic heterocycles. The first-order valence-electron chi connectivity index (χ1n) is 10.3. The van der Waals surface area contributed by atoms with E-state index in [2.05, 4.69) is 20.2 Å². The molecule has 0 spiro atoms. The third-order valence-corrected chi connectivity index (χ3v) is 5.63. The van der Waals surface area contributed by atoms with E-state index in [1.54, 1.807) is 28.9 Å². The number of ether oxygens (including phenoxy) is 1. The van der Waals surface area contributed by atoms with Crippen LogP contribution < -0.4 is 15.0 Å². The molecule has 2 atom stereocenters. The number of amides is 2. The first-order valence-corrected chi connectivity index (χ1v) is 10.3. The topological polar surface area (TPSA) is 112 Å². The number of methoxy groups -OCH3 is 1. The van der Waals surface area contributed by atoms with Gasteiger partial charge in [-0.15, -0.1) is 0 Å². The quantitative estimate of drug-likeness (QED) is 0.644. The molecule has 0 radical (unpaired) electrons. The highest BCUT2D eigenvalue weighted by atomic mass is 16.5. The number of carbonyl (C=O) groups is 2. The molecule has 1 saturated heterocycles. The SMILES string of the molecule is COc1cc2nc(C)cn2cc1C(=O)Nc1ccc(N2C[C@@H](C)N(C(=O)O)[C@@H](C)C2)cn1. The number of aromatic nitrogens is 3. The Morgan fingerprint density at radius 1 is 1.19 bits per heavy atom. The Morgan fingerprint density at radius 3 is 2.50 bits per heavy atom. The van der Waals surface area contributed by atoms with E-state index in [0.29, 0.717) is 35.9 Å². The van der Waals surface area contributed by atoms with Crippen molar-refractivity contribution < 1.29 is 19.4 Å². The maximum atomic E-state index is 12.9. The van der Waals surface area contributed by atoms with Crippen molar-refractivity contribution in [2.45, 2.75) is 32.9 Å². The van der Waals surface area contributed by atoms with Gasteiger partial charge in [0.2, 0.25) is 0 Å². The number of carboxylic acid groups (broad SMARTS) is 1. The van der Waals surface area contributed by atoms with Crippen LogP contribution in [0, 0.1) is 6.92 Å². The van der Waals surface area contributed by atoms with Crippen LogP contribution in [-0.4, -0.2) is 68.7 Å². The van der Waals surface area contributed by atoms with E-state index in [9.17, 15) is 14.7 Å². The molecule has 0 aromatic carbocycles. The highest BCUT2D eigenvalue weighted by Gasteiger charge is 2.32. The average molecular weight is 438 g/mol. The van der Waals surface area contributed by atoms with E-state index >= 15 is 0 Å². The third kappa shape index (κ3) is 4.03. The summed E-state index contributed by atoms with van der Waals surface area (Å²) in [6, 6.07) is 5.06. The number of hydrogen-bond acceptors (Lipinski definition) is 6. The highest BCUT2D eigenvalue weighted by Crippen LogP contribution is 2.25. The molecule has 0 bridgehead atoms. The molecule has 0 unspecified atom stereocenters. The maximum Gasteiger partial charge on any atom is 0.407 e. The van der Waals surface area contributed by atoms with Gasteiger partial charge in [-0.1, -0.05) is 0 Å². The minimum Gasteiger partial charge on any atom is -0.496 e. The molecule has 3 aromatic rings. The summed E-state index contributed by atoms with van der Waals surface area (Å²) in [5.41, 5.74) is 2.79. The van der Waals surface area contributed by atoms with Crippen LogP contribution in [0.1, 0.15) is 29.9 Å². The monoisotopic (exact) mass is 438 g/mol. The number of imidazole rings is 1. The molecular weight excluding hydrogens is 412 g/mol. The number of anilines is 2. The van der Waals surface area contributed by atoms with Gasteiger partial charge >= 0.3 is 6.09 Å². The summed E-state index contributed by atoms with van der Waals surface area (Å²) in [6.07, 6.45) is 4.30. The van der Waals surface area contributed by atoms with E-state index < -0.39 is 6.09 Å². The zero-order chi connectivity index (χ0) is 23.0. The van der Waals surface area contributed by atoms with Gasteiger partial charge in [0.15, 0.2) is 0 Å². The predicted octanol–water partition coefficient (Wildman–Crippen LogP) is 2.88. The number of nitrogens with zero attached hydrogens (tertiary/aromatic N) is 5. The van der Waals surface area contributed by atoms with Crippen molar-refractivity contribution in [2.24, 2.45) is 0 Å². The second-order valence-electron chi connectivity index (χ2n) is 8.05. The summed E-state index contributed by atoms with van der Waals surface area (Å²) in [4.78, 5) is 36.7. The van der Waals surface area contributed by atoms with E-state index in [4.69, 9.17) is 4.74 Å². The number of aryl methyl sites for hydroxylation is 1. The molecule has 2 N–H and O–H groups in total. The maximum absolute atomic E-state index is 12.9. The lowest BCUT2D eigenvalue weighted by atomic mass is 10.1. The smallest absolute Gasteiger partial charge is 0.407 e. The largest absolute Gasteiger partial charge is 0.496 e. The molecule has 168 valence electrons. The number of pyridine rings is 2. The van der Waals surface area contributed by atoms with E-state index in [1.807, 2.05) is 33.0 Å². The second-order valence-corrected chi connectivity index (χ2v) is 8.05. The van der Waals surface area contributed by atoms with Crippen molar-refractivity contribution in [3.05, 3.63) is 48.0 Å². The lowest BCUT2D eigenvalue weighted by Crippen LogP contribution is -2.58. The van der Waals surface area contributed by atoms with Crippen molar-refractivity contribution in [3.63, 3.8) is 0 Å². The molecule has 10 heteroatoms. The van der Waals surface area contributed by atoms with Crippen LogP contribution >= 0.6 is 0 Å². The number of fused-ring (bicyclic) bond motifs is 1. The molecule has 0 saturated carbocycles. The van der Waals surface area contributed by atoms with Gasteiger partial charge in [-0.3, -0.25) is 9.69 Å². The minimum atomic E-state index is -0.902. The Morgan fingerprint density at radius 2 is 1.91 bits per heavy atom. The van der Waals surface area contributed by atoms with Gasteiger partial charge < -0.3 is 24.5 Å². The minimum absolute atomic E-state index is 0.134. The van der Waals surface area contributed by atoms with Gasteiger partial charge in [-0.25, -0.2) is 14.8 Å². The van der Waals surface area contributed by atoms with Crippen LogP contribution in [-0.2, 0) is 0 Å². The van der Waals surface area contributed by atoms with Gasteiger partial charge in [0.25, 0.3) is 5.91 Å². The summed E-state index contributed by atoms with van der Waals surface area (Å²) >= 11 is 0. The van der Waals surface area contributed by atoms with Gasteiger partial charge in [0, 0.05) is 31.5 Å². The fraction of sp³-hybridized carbons (Fsp3) is 0.364. The normalized spacial score (nSPS) is 18.6. The zero-order valence-corrected chi connectivity index (χ0v) is 18.4. The Hall–Kier alpha value is -3.82. The Balaban J connectivity index is 1.49. The average Bonchev–Trinajstić information content (AvgIpc) is 3.11. The van der Waals surface area contributed by atoms with E-state index in [-0.39, 0.29) is 18.0 Å². The van der Waals surface area contributed by atoms with Crippen molar-refractivity contribution in [1.82, 2.24) is 19.3 Å². The molecule has 10 nitrogen and oxygen atoms in total. The summed E-state index contributed by atoms with van der Waals surface area (Å²) in [5, 5.41) is 12.2.